The maximum absolute atomic E-state index is 10.8. The van der Waals surface area contributed by atoms with Gasteiger partial charge in [0.15, 0.2) is 0 Å². The number of rotatable bonds is 5. The van der Waals surface area contributed by atoms with Crippen LogP contribution in [0.1, 0.15) is 12.5 Å². The third-order valence-corrected chi connectivity index (χ3v) is 2.25. The molecule has 0 radical (unpaired) electrons. The van der Waals surface area contributed by atoms with Gasteiger partial charge < -0.3 is 4.74 Å². The third kappa shape index (κ3) is 3.90. The summed E-state index contributed by atoms with van der Waals surface area (Å²) in [7, 11) is 0. The molecule has 1 aromatic carbocycles. The second-order valence-electron chi connectivity index (χ2n) is 3.08. The molecular formula is C11H13ClO2. The Labute approximate surface area is 88.8 Å². The number of Topliss-reactive ketones (excluding diaryl/α,β-unsaturated/α-hetero) is 1. The molecule has 0 saturated heterocycles. The molecule has 0 aliphatic rings. The summed E-state index contributed by atoms with van der Waals surface area (Å²) in [5, 5.41) is -0.529. The minimum atomic E-state index is -0.529. The fourth-order valence-electron chi connectivity index (χ4n) is 0.972. The van der Waals surface area contributed by atoms with Gasteiger partial charge in [0.1, 0.15) is 11.2 Å². The molecule has 0 spiro atoms. The molecule has 14 heavy (non-hydrogen) atoms. The van der Waals surface area contributed by atoms with Gasteiger partial charge in [-0.1, -0.05) is 30.3 Å². The van der Waals surface area contributed by atoms with Crippen LogP contribution in [-0.2, 0) is 16.1 Å². The second-order valence-corrected chi connectivity index (χ2v) is 3.61. The lowest BCUT2D eigenvalue weighted by Gasteiger charge is -2.06. The topological polar surface area (TPSA) is 26.3 Å². The monoisotopic (exact) mass is 212 g/mol. The molecule has 1 aromatic rings. The maximum atomic E-state index is 10.8. The van der Waals surface area contributed by atoms with E-state index in [9.17, 15) is 4.79 Å². The summed E-state index contributed by atoms with van der Waals surface area (Å²) in [5.74, 6) is -0.0558. The van der Waals surface area contributed by atoms with Gasteiger partial charge in [-0.3, -0.25) is 4.79 Å². The Balaban J connectivity index is 2.26. The molecular weight excluding hydrogens is 200 g/mol. The summed E-state index contributed by atoms with van der Waals surface area (Å²) in [6.07, 6.45) is 0. The van der Waals surface area contributed by atoms with Crippen molar-refractivity contribution in [1.29, 1.82) is 0 Å². The van der Waals surface area contributed by atoms with Crippen molar-refractivity contribution in [2.24, 2.45) is 0 Å². The molecule has 1 atom stereocenters. The van der Waals surface area contributed by atoms with Crippen molar-refractivity contribution in [3.05, 3.63) is 35.9 Å². The summed E-state index contributed by atoms with van der Waals surface area (Å²) >= 11 is 5.71. The first-order chi connectivity index (χ1) is 6.70. The zero-order valence-electron chi connectivity index (χ0n) is 8.07. The highest BCUT2D eigenvalue weighted by atomic mass is 35.5. The van der Waals surface area contributed by atoms with Crippen LogP contribution in [0.15, 0.2) is 30.3 Å². The van der Waals surface area contributed by atoms with E-state index >= 15 is 0 Å². The number of benzene rings is 1. The van der Waals surface area contributed by atoms with Gasteiger partial charge in [0, 0.05) is 0 Å². The van der Waals surface area contributed by atoms with Crippen LogP contribution < -0.4 is 0 Å². The standard InChI is InChI=1S/C11H13ClO2/c1-9(13)11(12)8-14-7-10-5-3-2-4-6-10/h2-6,11H,7-8H2,1H3. The van der Waals surface area contributed by atoms with Gasteiger partial charge in [-0.05, 0) is 12.5 Å². The lowest BCUT2D eigenvalue weighted by molar-refractivity contribution is -0.117. The highest BCUT2D eigenvalue weighted by Crippen LogP contribution is 2.03. The number of hydrogen-bond donors (Lipinski definition) is 0. The molecule has 1 rings (SSSR count). The number of alkyl halides is 1. The minimum Gasteiger partial charge on any atom is -0.375 e. The van der Waals surface area contributed by atoms with Crippen molar-refractivity contribution in [1.82, 2.24) is 0 Å². The first-order valence-corrected chi connectivity index (χ1v) is 4.90. The van der Waals surface area contributed by atoms with E-state index < -0.39 is 5.38 Å². The Bertz CT molecular complexity index is 285. The number of carbonyl (C=O) groups excluding carboxylic acids is 1. The van der Waals surface area contributed by atoms with Crippen molar-refractivity contribution in [3.8, 4) is 0 Å². The van der Waals surface area contributed by atoms with E-state index in [1.54, 1.807) is 0 Å². The smallest absolute Gasteiger partial charge is 0.149 e. The van der Waals surface area contributed by atoms with E-state index in [1.165, 1.54) is 6.92 Å². The lowest BCUT2D eigenvalue weighted by Crippen LogP contribution is -2.17. The van der Waals surface area contributed by atoms with Gasteiger partial charge in [0.25, 0.3) is 0 Å². The van der Waals surface area contributed by atoms with Gasteiger partial charge in [-0.25, -0.2) is 0 Å². The number of ether oxygens (including phenoxy) is 1. The van der Waals surface area contributed by atoms with Crippen LogP contribution in [0.2, 0.25) is 0 Å². The summed E-state index contributed by atoms with van der Waals surface area (Å²) in [4.78, 5) is 10.8. The predicted molar refractivity (Wildman–Crippen MR) is 56.4 cm³/mol. The van der Waals surface area contributed by atoms with E-state index in [0.717, 1.165) is 5.56 Å². The van der Waals surface area contributed by atoms with Crippen molar-refractivity contribution in [2.75, 3.05) is 6.61 Å². The molecule has 0 bridgehead atoms. The average molecular weight is 213 g/mol. The molecule has 0 N–H and O–H groups in total. The zero-order chi connectivity index (χ0) is 10.4. The van der Waals surface area contributed by atoms with Gasteiger partial charge in [0.2, 0.25) is 0 Å². The summed E-state index contributed by atoms with van der Waals surface area (Å²) < 4.78 is 5.29. The number of halogens is 1. The fourth-order valence-corrected chi connectivity index (χ4v) is 1.06. The first kappa shape index (κ1) is 11.2. The first-order valence-electron chi connectivity index (χ1n) is 4.46. The van der Waals surface area contributed by atoms with E-state index in [4.69, 9.17) is 16.3 Å². The molecule has 1 unspecified atom stereocenters. The summed E-state index contributed by atoms with van der Waals surface area (Å²) in [5.41, 5.74) is 1.08. The van der Waals surface area contributed by atoms with Crippen molar-refractivity contribution < 1.29 is 9.53 Å². The van der Waals surface area contributed by atoms with Gasteiger partial charge in [0.05, 0.1) is 13.2 Å². The molecule has 3 heteroatoms. The van der Waals surface area contributed by atoms with Crippen LogP contribution in [0, 0.1) is 0 Å². The molecule has 76 valence electrons. The Morgan fingerprint density at radius 3 is 2.64 bits per heavy atom. The van der Waals surface area contributed by atoms with Gasteiger partial charge in [-0.15, -0.1) is 11.6 Å². The van der Waals surface area contributed by atoms with Crippen LogP contribution in [0.5, 0.6) is 0 Å². The summed E-state index contributed by atoms with van der Waals surface area (Å²) in [6.45, 7) is 2.23. The summed E-state index contributed by atoms with van der Waals surface area (Å²) in [6, 6.07) is 9.78. The lowest BCUT2D eigenvalue weighted by atomic mass is 10.2. The Morgan fingerprint density at radius 1 is 1.43 bits per heavy atom. The predicted octanol–water partition coefficient (Wildman–Crippen LogP) is 2.40. The highest BCUT2D eigenvalue weighted by molar-refractivity contribution is 6.30. The maximum Gasteiger partial charge on any atom is 0.149 e. The Hall–Kier alpha value is -0.860. The second kappa shape index (κ2) is 5.78. The molecule has 0 heterocycles. The molecule has 2 nitrogen and oxygen atoms in total. The molecule has 0 aromatic heterocycles. The molecule has 0 aliphatic heterocycles. The highest BCUT2D eigenvalue weighted by Gasteiger charge is 2.09. The quantitative estimate of drug-likeness (QED) is 0.701. The molecule has 0 saturated carbocycles. The van der Waals surface area contributed by atoms with E-state index in [2.05, 4.69) is 0 Å². The van der Waals surface area contributed by atoms with Gasteiger partial charge in [-0.2, -0.15) is 0 Å². The molecule has 0 amide bonds. The minimum absolute atomic E-state index is 0.0558. The van der Waals surface area contributed by atoms with Crippen LogP contribution in [0.4, 0.5) is 0 Å². The van der Waals surface area contributed by atoms with Gasteiger partial charge >= 0.3 is 0 Å². The van der Waals surface area contributed by atoms with E-state index in [1.807, 2.05) is 30.3 Å². The number of ketones is 1. The SMILES string of the molecule is CC(=O)C(Cl)COCc1ccccc1. The van der Waals surface area contributed by atoms with E-state index in [-0.39, 0.29) is 12.4 Å². The molecule has 0 fully saturated rings. The van der Waals surface area contributed by atoms with Crippen molar-refractivity contribution in [3.63, 3.8) is 0 Å². The van der Waals surface area contributed by atoms with Crippen molar-refractivity contribution in [2.45, 2.75) is 18.9 Å². The number of carbonyl (C=O) groups is 1. The van der Waals surface area contributed by atoms with Crippen LogP contribution >= 0.6 is 11.6 Å². The third-order valence-electron chi connectivity index (χ3n) is 1.82. The largest absolute Gasteiger partial charge is 0.375 e. The van der Waals surface area contributed by atoms with Crippen LogP contribution in [-0.4, -0.2) is 17.8 Å². The fraction of sp³-hybridized carbons (Fsp3) is 0.364. The average Bonchev–Trinajstić information content (AvgIpc) is 2.19. The molecule has 0 aliphatic carbocycles. The Kier molecular flexibility index (Phi) is 4.63. The van der Waals surface area contributed by atoms with Crippen LogP contribution in [0.3, 0.4) is 0 Å². The Morgan fingerprint density at radius 2 is 2.07 bits per heavy atom. The van der Waals surface area contributed by atoms with Crippen LogP contribution in [0.25, 0.3) is 0 Å². The normalized spacial score (nSPS) is 12.4. The zero-order valence-corrected chi connectivity index (χ0v) is 8.83. The van der Waals surface area contributed by atoms with E-state index in [0.29, 0.717) is 6.61 Å². The number of hydrogen-bond acceptors (Lipinski definition) is 2. The van der Waals surface area contributed by atoms with Crippen molar-refractivity contribution >= 4 is 17.4 Å².